The van der Waals surface area contributed by atoms with E-state index >= 15 is 0 Å². The van der Waals surface area contributed by atoms with Gasteiger partial charge in [0.2, 0.25) is 0 Å². The molecule has 0 fully saturated rings. The van der Waals surface area contributed by atoms with Crippen molar-refractivity contribution in [2.45, 2.75) is 19.5 Å². The van der Waals surface area contributed by atoms with E-state index in [9.17, 15) is 18.0 Å². The number of hydrogen-bond donors (Lipinski definition) is 1. The van der Waals surface area contributed by atoms with Crippen LogP contribution in [0, 0.1) is 0 Å². The van der Waals surface area contributed by atoms with Crippen LogP contribution in [0.4, 0.5) is 13.2 Å². The standard InChI is InChI=1S/C11H9F3N2O/c1-6(17)4-9-8-3-2-7(11(12,13)14)5-10(8)16-15-9/h2-3,5H,4H2,1H3,(H,15,16). The van der Waals surface area contributed by atoms with Crippen molar-refractivity contribution in [3.8, 4) is 0 Å². The lowest BCUT2D eigenvalue weighted by molar-refractivity contribution is -0.137. The fraction of sp³-hybridized carbons (Fsp3) is 0.273. The number of rotatable bonds is 2. The zero-order valence-electron chi connectivity index (χ0n) is 8.93. The Balaban J connectivity index is 2.48. The highest BCUT2D eigenvalue weighted by Crippen LogP contribution is 2.31. The summed E-state index contributed by atoms with van der Waals surface area (Å²) in [6.45, 7) is 1.41. The average Bonchev–Trinajstić information content (AvgIpc) is 2.59. The summed E-state index contributed by atoms with van der Waals surface area (Å²) in [5.74, 6) is -0.0737. The van der Waals surface area contributed by atoms with E-state index in [4.69, 9.17) is 0 Å². The smallest absolute Gasteiger partial charge is 0.300 e. The van der Waals surface area contributed by atoms with Gasteiger partial charge in [0, 0.05) is 11.8 Å². The summed E-state index contributed by atoms with van der Waals surface area (Å²) < 4.78 is 37.3. The number of benzene rings is 1. The monoisotopic (exact) mass is 242 g/mol. The van der Waals surface area contributed by atoms with Crippen LogP contribution < -0.4 is 0 Å². The summed E-state index contributed by atoms with van der Waals surface area (Å²) in [5.41, 5.74) is 0.0168. The molecule has 3 nitrogen and oxygen atoms in total. The minimum absolute atomic E-state index is 0.0737. The Morgan fingerprint density at radius 1 is 1.41 bits per heavy atom. The Hall–Kier alpha value is -1.85. The molecule has 90 valence electrons. The van der Waals surface area contributed by atoms with Crippen LogP contribution in [0.1, 0.15) is 18.2 Å². The second kappa shape index (κ2) is 3.87. The molecule has 0 aliphatic heterocycles. The van der Waals surface area contributed by atoms with Gasteiger partial charge in [0.25, 0.3) is 0 Å². The van der Waals surface area contributed by atoms with Crippen LogP contribution in [-0.2, 0) is 17.4 Å². The lowest BCUT2D eigenvalue weighted by atomic mass is 10.1. The molecule has 0 spiro atoms. The number of carbonyl (C=O) groups excluding carboxylic acids is 1. The van der Waals surface area contributed by atoms with Crippen molar-refractivity contribution in [3.05, 3.63) is 29.5 Å². The molecule has 0 aliphatic rings. The SMILES string of the molecule is CC(=O)Cc1[nH]nc2cc(C(F)(F)F)ccc12. The molecule has 0 aliphatic carbocycles. The molecular weight excluding hydrogens is 233 g/mol. The summed E-state index contributed by atoms with van der Waals surface area (Å²) in [6, 6.07) is 3.29. The molecule has 1 heterocycles. The van der Waals surface area contributed by atoms with Crippen molar-refractivity contribution in [1.29, 1.82) is 0 Å². The topological polar surface area (TPSA) is 45.8 Å². The number of aromatic nitrogens is 2. The Morgan fingerprint density at radius 3 is 2.71 bits per heavy atom. The van der Waals surface area contributed by atoms with Crippen molar-refractivity contribution in [1.82, 2.24) is 10.2 Å². The van der Waals surface area contributed by atoms with Gasteiger partial charge >= 0.3 is 6.18 Å². The quantitative estimate of drug-likeness (QED) is 0.880. The molecule has 0 bridgehead atoms. The van der Waals surface area contributed by atoms with Gasteiger partial charge < -0.3 is 0 Å². The molecule has 0 saturated heterocycles. The molecule has 0 atom stereocenters. The predicted octanol–water partition coefficient (Wildman–Crippen LogP) is 2.71. The second-order valence-electron chi connectivity index (χ2n) is 3.81. The molecule has 17 heavy (non-hydrogen) atoms. The number of Topliss-reactive ketones (excluding diaryl/α,β-unsaturated/α-hetero) is 1. The van der Waals surface area contributed by atoms with Crippen molar-refractivity contribution < 1.29 is 18.0 Å². The average molecular weight is 242 g/mol. The fourth-order valence-electron chi connectivity index (χ4n) is 1.63. The minimum Gasteiger partial charge on any atom is -0.300 e. The number of hydrogen-bond acceptors (Lipinski definition) is 2. The number of aromatic amines is 1. The van der Waals surface area contributed by atoms with Crippen LogP contribution in [0.25, 0.3) is 10.9 Å². The number of nitrogens with zero attached hydrogens (tertiary/aromatic N) is 1. The minimum atomic E-state index is -4.38. The van der Waals surface area contributed by atoms with Crippen LogP contribution >= 0.6 is 0 Å². The van der Waals surface area contributed by atoms with Gasteiger partial charge in [-0.15, -0.1) is 0 Å². The van der Waals surface area contributed by atoms with Gasteiger partial charge in [-0.25, -0.2) is 0 Å². The Morgan fingerprint density at radius 2 is 2.12 bits per heavy atom. The summed E-state index contributed by atoms with van der Waals surface area (Å²) >= 11 is 0. The zero-order chi connectivity index (χ0) is 12.6. The van der Waals surface area contributed by atoms with Gasteiger partial charge in [-0.05, 0) is 19.1 Å². The van der Waals surface area contributed by atoms with E-state index in [0.717, 1.165) is 12.1 Å². The largest absolute Gasteiger partial charge is 0.416 e. The third-order valence-corrected chi connectivity index (χ3v) is 2.39. The first kappa shape index (κ1) is 11.6. The maximum atomic E-state index is 12.4. The van der Waals surface area contributed by atoms with E-state index in [-0.39, 0.29) is 17.7 Å². The molecule has 0 amide bonds. The Labute approximate surface area is 94.6 Å². The highest BCUT2D eigenvalue weighted by molar-refractivity contribution is 5.87. The van der Waals surface area contributed by atoms with E-state index < -0.39 is 11.7 Å². The zero-order valence-corrected chi connectivity index (χ0v) is 8.93. The molecule has 1 N–H and O–H groups in total. The highest BCUT2D eigenvalue weighted by atomic mass is 19.4. The number of nitrogens with one attached hydrogen (secondary N) is 1. The number of H-pyrrole nitrogens is 1. The van der Waals surface area contributed by atoms with Gasteiger partial charge in [-0.2, -0.15) is 18.3 Å². The van der Waals surface area contributed by atoms with Crippen LogP contribution in [0.15, 0.2) is 18.2 Å². The van der Waals surface area contributed by atoms with Gasteiger partial charge in [0.1, 0.15) is 5.78 Å². The lowest BCUT2D eigenvalue weighted by Crippen LogP contribution is -2.04. The van der Waals surface area contributed by atoms with Crippen LogP contribution in [0.2, 0.25) is 0 Å². The normalized spacial score (nSPS) is 12.0. The summed E-state index contributed by atoms with van der Waals surface area (Å²) in [4.78, 5) is 11.0. The highest BCUT2D eigenvalue weighted by Gasteiger charge is 2.30. The Kier molecular flexibility index (Phi) is 2.65. The molecule has 0 unspecified atom stereocenters. The van der Waals surface area contributed by atoms with E-state index in [1.807, 2.05) is 0 Å². The van der Waals surface area contributed by atoms with Gasteiger partial charge in [0.15, 0.2) is 0 Å². The maximum Gasteiger partial charge on any atom is 0.416 e. The number of carbonyl (C=O) groups is 1. The van der Waals surface area contributed by atoms with Crippen LogP contribution in [0.5, 0.6) is 0 Å². The molecule has 1 aromatic carbocycles. The molecule has 2 rings (SSSR count). The predicted molar refractivity (Wildman–Crippen MR) is 55.5 cm³/mol. The molecule has 6 heteroatoms. The van der Waals surface area contributed by atoms with E-state index in [0.29, 0.717) is 11.1 Å². The third-order valence-electron chi connectivity index (χ3n) is 2.39. The maximum absolute atomic E-state index is 12.4. The van der Waals surface area contributed by atoms with Crippen LogP contribution in [-0.4, -0.2) is 16.0 Å². The van der Waals surface area contributed by atoms with Crippen molar-refractivity contribution in [2.24, 2.45) is 0 Å². The number of ketones is 1. The van der Waals surface area contributed by atoms with Gasteiger partial charge in [-0.1, -0.05) is 6.07 Å². The molecule has 0 radical (unpaired) electrons. The molecule has 2 aromatic rings. The summed E-state index contributed by atoms with van der Waals surface area (Å²) in [6.07, 6.45) is -4.24. The van der Waals surface area contributed by atoms with Crippen molar-refractivity contribution >= 4 is 16.7 Å². The Bertz CT molecular complexity index is 572. The molecule has 0 saturated carbocycles. The first-order valence-corrected chi connectivity index (χ1v) is 4.91. The van der Waals surface area contributed by atoms with Gasteiger partial charge in [0.05, 0.1) is 16.8 Å². The number of halogens is 3. The van der Waals surface area contributed by atoms with E-state index in [1.165, 1.54) is 13.0 Å². The first-order valence-electron chi connectivity index (χ1n) is 4.91. The fourth-order valence-corrected chi connectivity index (χ4v) is 1.63. The third kappa shape index (κ3) is 2.30. The summed E-state index contributed by atoms with van der Waals surface area (Å²) in [7, 11) is 0. The first-order chi connectivity index (χ1) is 7.88. The number of alkyl halides is 3. The number of fused-ring (bicyclic) bond motifs is 1. The van der Waals surface area contributed by atoms with E-state index in [1.54, 1.807) is 0 Å². The van der Waals surface area contributed by atoms with Crippen LogP contribution in [0.3, 0.4) is 0 Å². The second-order valence-corrected chi connectivity index (χ2v) is 3.81. The van der Waals surface area contributed by atoms with Gasteiger partial charge in [-0.3, -0.25) is 9.89 Å². The lowest BCUT2D eigenvalue weighted by Gasteiger charge is -2.05. The van der Waals surface area contributed by atoms with Crippen molar-refractivity contribution in [2.75, 3.05) is 0 Å². The summed E-state index contributed by atoms with van der Waals surface area (Å²) in [5, 5.41) is 6.90. The van der Waals surface area contributed by atoms with E-state index in [2.05, 4.69) is 10.2 Å². The van der Waals surface area contributed by atoms with Crippen molar-refractivity contribution in [3.63, 3.8) is 0 Å². The molecular formula is C11H9F3N2O. The molecule has 1 aromatic heterocycles.